The summed E-state index contributed by atoms with van der Waals surface area (Å²) in [6, 6.07) is 7.46. The highest BCUT2D eigenvalue weighted by Crippen LogP contribution is 2.19. The average molecular weight is 264 g/mol. The molecule has 0 saturated heterocycles. The summed E-state index contributed by atoms with van der Waals surface area (Å²) in [5.74, 6) is -0.381. The van der Waals surface area contributed by atoms with Crippen LogP contribution in [0.4, 0.5) is 14.9 Å². The predicted octanol–water partition coefficient (Wildman–Crippen LogP) is 3.48. The number of nitrogens with zero attached hydrogens (tertiary/aromatic N) is 2. The van der Waals surface area contributed by atoms with Gasteiger partial charge in [0.05, 0.1) is 12.5 Å². The molecule has 0 bridgehead atoms. The van der Waals surface area contributed by atoms with Crippen LogP contribution in [0.25, 0.3) is 0 Å². The van der Waals surface area contributed by atoms with Crippen molar-refractivity contribution in [1.82, 2.24) is 0 Å². The maximum Gasteiger partial charge on any atom is 0.414 e. The summed E-state index contributed by atoms with van der Waals surface area (Å²) in [4.78, 5) is 13.4. The van der Waals surface area contributed by atoms with Gasteiger partial charge in [0.2, 0.25) is 0 Å². The van der Waals surface area contributed by atoms with Crippen molar-refractivity contribution in [1.29, 1.82) is 5.26 Å². The molecule has 0 aliphatic heterocycles. The highest BCUT2D eigenvalue weighted by Gasteiger charge is 2.23. The van der Waals surface area contributed by atoms with Gasteiger partial charge in [0.15, 0.2) is 0 Å². The smallest absolute Gasteiger partial charge is 0.414 e. The number of benzene rings is 1. The molecule has 0 heterocycles. The van der Waals surface area contributed by atoms with E-state index in [-0.39, 0.29) is 18.8 Å². The fraction of sp³-hybridized carbons (Fsp3) is 0.429. The molecular formula is C14H17FN2O2. The summed E-state index contributed by atoms with van der Waals surface area (Å²) in [7, 11) is 0. The van der Waals surface area contributed by atoms with Gasteiger partial charge >= 0.3 is 6.09 Å². The Kier molecular flexibility index (Phi) is 4.87. The summed E-state index contributed by atoms with van der Waals surface area (Å²) in [5.41, 5.74) is -0.118. The minimum atomic E-state index is -0.623. The van der Waals surface area contributed by atoms with E-state index < -0.39 is 11.7 Å². The Morgan fingerprint density at radius 2 is 1.95 bits per heavy atom. The van der Waals surface area contributed by atoms with Crippen molar-refractivity contribution in [3.05, 3.63) is 30.1 Å². The Morgan fingerprint density at radius 1 is 1.37 bits per heavy atom. The van der Waals surface area contributed by atoms with Crippen molar-refractivity contribution in [3.63, 3.8) is 0 Å². The molecular weight excluding hydrogens is 247 g/mol. The van der Waals surface area contributed by atoms with Gasteiger partial charge in [0.25, 0.3) is 0 Å². The molecule has 4 nitrogen and oxygen atoms in total. The average Bonchev–Trinajstić information content (AvgIpc) is 2.29. The number of ether oxygens (including phenoxy) is 1. The number of amides is 1. The number of hydrogen-bond donors (Lipinski definition) is 0. The molecule has 0 radical (unpaired) electrons. The second-order valence-electron chi connectivity index (χ2n) is 5.02. The van der Waals surface area contributed by atoms with Gasteiger partial charge in [-0.2, -0.15) is 5.26 Å². The van der Waals surface area contributed by atoms with Crippen LogP contribution in [0.3, 0.4) is 0 Å². The van der Waals surface area contributed by atoms with Gasteiger partial charge in [-0.05, 0) is 45.0 Å². The Bertz CT molecular complexity index is 472. The zero-order valence-corrected chi connectivity index (χ0v) is 11.3. The molecule has 19 heavy (non-hydrogen) atoms. The minimum absolute atomic E-state index is 0.177. The zero-order valence-electron chi connectivity index (χ0n) is 11.3. The van der Waals surface area contributed by atoms with Gasteiger partial charge < -0.3 is 4.74 Å². The highest BCUT2D eigenvalue weighted by atomic mass is 19.1. The SMILES string of the molecule is CC(C)(C)OC(=O)N(CCC#N)c1ccc(F)cc1. The number of carbonyl (C=O) groups is 1. The van der Waals surface area contributed by atoms with Crippen molar-refractivity contribution in [2.45, 2.75) is 32.8 Å². The van der Waals surface area contributed by atoms with Crippen LogP contribution in [0.1, 0.15) is 27.2 Å². The number of carbonyl (C=O) groups excluding carboxylic acids is 1. The first-order valence-corrected chi connectivity index (χ1v) is 5.96. The summed E-state index contributed by atoms with van der Waals surface area (Å²) >= 11 is 0. The Morgan fingerprint density at radius 3 is 2.42 bits per heavy atom. The third-order valence-electron chi connectivity index (χ3n) is 2.20. The van der Waals surface area contributed by atoms with E-state index in [1.165, 1.54) is 29.2 Å². The number of rotatable bonds is 3. The molecule has 0 fully saturated rings. The maximum absolute atomic E-state index is 12.9. The van der Waals surface area contributed by atoms with Crippen molar-refractivity contribution < 1.29 is 13.9 Å². The summed E-state index contributed by atoms with van der Waals surface area (Å²) in [6.07, 6.45) is -0.370. The fourth-order valence-electron chi connectivity index (χ4n) is 1.43. The lowest BCUT2D eigenvalue weighted by Gasteiger charge is -2.27. The third kappa shape index (κ3) is 4.96. The minimum Gasteiger partial charge on any atom is -0.443 e. The molecule has 102 valence electrons. The molecule has 0 aromatic heterocycles. The molecule has 1 rings (SSSR count). The highest BCUT2D eigenvalue weighted by molar-refractivity contribution is 5.87. The van der Waals surface area contributed by atoms with E-state index in [1.807, 2.05) is 6.07 Å². The van der Waals surface area contributed by atoms with Crippen LogP contribution in [0.15, 0.2) is 24.3 Å². The van der Waals surface area contributed by atoms with Crippen LogP contribution in [0.5, 0.6) is 0 Å². The molecule has 0 N–H and O–H groups in total. The largest absolute Gasteiger partial charge is 0.443 e. The monoisotopic (exact) mass is 264 g/mol. The molecule has 0 aliphatic rings. The second-order valence-corrected chi connectivity index (χ2v) is 5.02. The maximum atomic E-state index is 12.9. The van der Waals surface area contributed by atoms with Gasteiger partial charge in [0.1, 0.15) is 11.4 Å². The van der Waals surface area contributed by atoms with Gasteiger partial charge in [-0.3, -0.25) is 4.90 Å². The van der Waals surface area contributed by atoms with E-state index >= 15 is 0 Å². The van der Waals surface area contributed by atoms with Crippen LogP contribution in [-0.2, 0) is 4.74 Å². The topological polar surface area (TPSA) is 53.3 Å². The standard InChI is InChI=1S/C14H17FN2O2/c1-14(2,3)19-13(18)17(10-4-9-16)12-7-5-11(15)6-8-12/h5-8H,4,10H2,1-3H3. The lowest BCUT2D eigenvalue weighted by Crippen LogP contribution is -2.37. The molecule has 5 heteroatoms. The van der Waals surface area contributed by atoms with E-state index in [2.05, 4.69) is 0 Å². The molecule has 0 atom stereocenters. The predicted molar refractivity (Wildman–Crippen MR) is 70.2 cm³/mol. The second kappa shape index (κ2) is 6.19. The Hall–Kier alpha value is -2.09. The van der Waals surface area contributed by atoms with Crippen LogP contribution < -0.4 is 4.90 Å². The normalized spacial score (nSPS) is 10.7. The summed E-state index contributed by atoms with van der Waals surface area (Å²) in [5, 5.41) is 8.63. The lowest BCUT2D eigenvalue weighted by atomic mass is 10.2. The number of anilines is 1. The Balaban J connectivity index is 2.91. The quantitative estimate of drug-likeness (QED) is 0.839. The van der Waals surface area contributed by atoms with Gasteiger partial charge in [-0.1, -0.05) is 0 Å². The van der Waals surface area contributed by atoms with Crippen molar-refractivity contribution >= 4 is 11.8 Å². The van der Waals surface area contributed by atoms with E-state index in [0.29, 0.717) is 5.69 Å². The van der Waals surface area contributed by atoms with Crippen molar-refractivity contribution in [3.8, 4) is 6.07 Å². The fourth-order valence-corrected chi connectivity index (χ4v) is 1.43. The number of nitriles is 1. The number of halogens is 1. The molecule has 0 unspecified atom stereocenters. The molecule has 1 amide bonds. The first-order valence-electron chi connectivity index (χ1n) is 5.96. The summed E-state index contributed by atoms with van der Waals surface area (Å²) in [6.45, 7) is 5.49. The van der Waals surface area contributed by atoms with Crippen LogP contribution in [0.2, 0.25) is 0 Å². The van der Waals surface area contributed by atoms with E-state index in [9.17, 15) is 9.18 Å². The van der Waals surface area contributed by atoms with E-state index in [0.717, 1.165) is 0 Å². The van der Waals surface area contributed by atoms with Crippen LogP contribution in [-0.4, -0.2) is 18.2 Å². The molecule has 1 aromatic carbocycles. The van der Waals surface area contributed by atoms with Crippen LogP contribution >= 0.6 is 0 Å². The van der Waals surface area contributed by atoms with Crippen molar-refractivity contribution in [2.75, 3.05) is 11.4 Å². The van der Waals surface area contributed by atoms with Gasteiger partial charge in [-0.15, -0.1) is 0 Å². The molecule has 1 aromatic rings. The molecule has 0 spiro atoms. The van der Waals surface area contributed by atoms with Gasteiger partial charge in [-0.25, -0.2) is 9.18 Å². The molecule has 0 aliphatic carbocycles. The first-order chi connectivity index (χ1) is 8.83. The first kappa shape index (κ1) is 15.0. The third-order valence-corrected chi connectivity index (χ3v) is 2.20. The van der Waals surface area contributed by atoms with Gasteiger partial charge in [0, 0.05) is 12.2 Å². The van der Waals surface area contributed by atoms with E-state index in [4.69, 9.17) is 10.00 Å². The summed E-state index contributed by atoms with van der Waals surface area (Å²) < 4.78 is 18.2. The zero-order chi connectivity index (χ0) is 14.5. The molecule has 0 saturated carbocycles. The number of hydrogen-bond acceptors (Lipinski definition) is 3. The van der Waals surface area contributed by atoms with Crippen LogP contribution in [0, 0.1) is 17.1 Å². The lowest BCUT2D eigenvalue weighted by molar-refractivity contribution is 0.0581. The van der Waals surface area contributed by atoms with E-state index in [1.54, 1.807) is 20.8 Å². The van der Waals surface area contributed by atoms with Crippen molar-refractivity contribution in [2.24, 2.45) is 0 Å². The Labute approximate surface area is 112 Å².